The van der Waals surface area contributed by atoms with Gasteiger partial charge in [0.05, 0.1) is 5.69 Å². The number of nitrogens with one attached hydrogen (secondary N) is 1. The van der Waals surface area contributed by atoms with E-state index >= 15 is 0 Å². The molecule has 23 heavy (non-hydrogen) atoms. The first-order valence-corrected chi connectivity index (χ1v) is 8.89. The molecule has 0 saturated heterocycles. The Morgan fingerprint density at radius 3 is 2.43 bits per heavy atom. The van der Waals surface area contributed by atoms with E-state index in [1.807, 2.05) is 30.5 Å². The molecule has 1 aromatic heterocycles. The van der Waals surface area contributed by atoms with Gasteiger partial charge in [-0.3, -0.25) is 4.98 Å². The first-order chi connectivity index (χ1) is 11.1. The highest BCUT2D eigenvalue weighted by Gasteiger charge is 2.12. The van der Waals surface area contributed by atoms with Crippen molar-refractivity contribution in [2.45, 2.75) is 45.6 Å². The summed E-state index contributed by atoms with van der Waals surface area (Å²) in [4.78, 5) is 4.35. The number of aromatic nitrogens is 1. The Morgan fingerprint density at radius 1 is 1.00 bits per heavy atom. The number of benzene rings is 1. The van der Waals surface area contributed by atoms with E-state index in [9.17, 15) is 0 Å². The third-order valence-electron chi connectivity index (χ3n) is 4.14. The summed E-state index contributed by atoms with van der Waals surface area (Å²) in [5, 5.41) is 4.32. The Balaban J connectivity index is 1.85. The van der Waals surface area contributed by atoms with Crippen LogP contribution in [-0.4, -0.2) is 11.5 Å². The maximum Gasteiger partial charge on any atom is 0.0541 e. The summed E-state index contributed by atoms with van der Waals surface area (Å²) < 4.78 is 0. The number of hydrogen-bond acceptors (Lipinski definition) is 2. The molecule has 0 saturated carbocycles. The molecule has 1 aromatic carbocycles. The Labute approximate surface area is 145 Å². The average molecular weight is 331 g/mol. The number of pyridine rings is 1. The summed E-state index contributed by atoms with van der Waals surface area (Å²) in [6, 6.07) is 14.4. The Kier molecular flexibility index (Phi) is 7.57. The molecule has 1 N–H and O–H groups in total. The lowest BCUT2D eigenvalue weighted by Crippen LogP contribution is -2.18. The lowest BCUT2D eigenvalue weighted by atomic mass is 9.89. The number of rotatable bonds is 9. The van der Waals surface area contributed by atoms with Gasteiger partial charge in [-0.05, 0) is 61.1 Å². The predicted molar refractivity (Wildman–Crippen MR) is 98.8 cm³/mol. The van der Waals surface area contributed by atoms with Crippen molar-refractivity contribution in [1.29, 1.82) is 0 Å². The molecule has 0 unspecified atom stereocenters. The highest BCUT2D eigenvalue weighted by molar-refractivity contribution is 6.30. The van der Waals surface area contributed by atoms with Crippen LogP contribution in [0.2, 0.25) is 5.02 Å². The second-order valence-corrected chi connectivity index (χ2v) is 6.94. The second kappa shape index (κ2) is 9.69. The van der Waals surface area contributed by atoms with Crippen LogP contribution in [-0.2, 0) is 6.54 Å². The summed E-state index contributed by atoms with van der Waals surface area (Å²) in [5.41, 5.74) is 2.49. The van der Waals surface area contributed by atoms with E-state index in [0.29, 0.717) is 5.92 Å². The van der Waals surface area contributed by atoms with Gasteiger partial charge >= 0.3 is 0 Å². The minimum Gasteiger partial charge on any atom is -0.311 e. The molecule has 2 aromatic rings. The maximum absolute atomic E-state index is 6.02. The highest BCUT2D eigenvalue weighted by Crippen LogP contribution is 2.27. The Hall–Kier alpha value is -1.38. The van der Waals surface area contributed by atoms with Crippen molar-refractivity contribution in [3.8, 4) is 0 Å². The van der Waals surface area contributed by atoms with Crippen LogP contribution in [0.5, 0.6) is 0 Å². The van der Waals surface area contributed by atoms with E-state index in [4.69, 9.17) is 11.6 Å². The molecule has 1 atom stereocenters. The molecule has 3 heteroatoms. The molecule has 0 aliphatic rings. The fourth-order valence-electron chi connectivity index (χ4n) is 2.74. The zero-order valence-electron chi connectivity index (χ0n) is 14.1. The summed E-state index contributed by atoms with van der Waals surface area (Å²) in [6.45, 7) is 6.41. The van der Waals surface area contributed by atoms with Crippen molar-refractivity contribution in [2.75, 3.05) is 6.54 Å². The second-order valence-electron chi connectivity index (χ2n) is 6.51. The number of nitrogens with zero attached hydrogens (tertiary/aromatic N) is 1. The monoisotopic (exact) mass is 330 g/mol. The lowest BCUT2D eigenvalue weighted by molar-refractivity contribution is 0.469. The topological polar surface area (TPSA) is 24.9 Å². The minimum absolute atomic E-state index is 0.589. The highest BCUT2D eigenvalue weighted by atomic mass is 35.5. The molecule has 2 nitrogen and oxygen atoms in total. The van der Waals surface area contributed by atoms with Gasteiger partial charge in [-0.1, -0.05) is 50.1 Å². The maximum atomic E-state index is 6.02. The molecular formula is C20H27ClN2. The molecule has 0 bridgehead atoms. The standard InChI is InChI=1S/C20H27ClN2/c1-16(2)6-7-18(17-8-10-19(21)11-9-17)12-14-22-15-20-5-3-4-13-23-20/h3-5,8-11,13,16,18,22H,6-7,12,14-15H2,1-2H3/t18-/m0/s1. The van der Waals surface area contributed by atoms with Crippen molar-refractivity contribution >= 4 is 11.6 Å². The van der Waals surface area contributed by atoms with Crippen LogP contribution in [0.25, 0.3) is 0 Å². The molecule has 124 valence electrons. The number of halogens is 1. The van der Waals surface area contributed by atoms with Crippen LogP contribution in [0.3, 0.4) is 0 Å². The van der Waals surface area contributed by atoms with Crippen molar-refractivity contribution in [1.82, 2.24) is 10.3 Å². The molecule has 2 rings (SSSR count). The average Bonchev–Trinajstić information content (AvgIpc) is 2.56. The molecule has 1 heterocycles. The van der Waals surface area contributed by atoms with Crippen LogP contribution in [0.4, 0.5) is 0 Å². The quantitative estimate of drug-likeness (QED) is 0.620. The van der Waals surface area contributed by atoms with Crippen molar-refractivity contribution < 1.29 is 0 Å². The van der Waals surface area contributed by atoms with Crippen LogP contribution < -0.4 is 5.32 Å². The zero-order chi connectivity index (χ0) is 16.5. The smallest absolute Gasteiger partial charge is 0.0541 e. The third-order valence-corrected chi connectivity index (χ3v) is 4.39. The third kappa shape index (κ3) is 6.72. The van der Waals surface area contributed by atoms with E-state index in [0.717, 1.165) is 36.1 Å². The van der Waals surface area contributed by atoms with E-state index < -0.39 is 0 Å². The SMILES string of the molecule is CC(C)CC[C@@H](CCNCc1ccccn1)c1ccc(Cl)cc1. The normalized spacial score (nSPS) is 12.5. The number of hydrogen-bond donors (Lipinski definition) is 1. The summed E-state index contributed by atoms with van der Waals surface area (Å²) in [5.74, 6) is 1.33. The molecule has 0 spiro atoms. The van der Waals surface area contributed by atoms with Gasteiger partial charge in [0.25, 0.3) is 0 Å². The molecule has 0 fully saturated rings. The van der Waals surface area contributed by atoms with Crippen molar-refractivity contribution in [3.05, 3.63) is 64.9 Å². The van der Waals surface area contributed by atoms with Gasteiger partial charge in [0.2, 0.25) is 0 Å². The molecule has 0 aliphatic carbocycles. The van der Waals surface area contributed by atoms with Gasteiger partial charge in [-0.15, -0.1) is 0 Å². The van der Waals surface area contributed by atoms with Crippen LogP contribution in [0, 0.1) is 5.92 Å². The van der Waals surface area contributed by atoms with Crippen LogP contribution >= 0.6 is 11.6 Å². The fourth-order valence-corrected chi connectivity index (χ4v) is 2.87. The largest absolute Gasteiger partial charge is 0.311 e. The lowest BCUT2D eigenvalue weighted by Gasteiger charge is -2.19. The molecule has 0 aliphatic heterocycles. The van der Waals surface area contributed by atoms with Crippen LogP contribution in [0.15, 0.2) is 48.7 Å². The van der Waals surface area contributed by atoms with Crippen molar-refractivity contribution in [2.24, 2.45) is 5.92 Å². The summed E-state index contributed by atoms with van der Waals surface area (Å²) >= 11 is 6.02. The first-order valence-electron chi connectivity index (χ1n) is 8.51. The van der Waals surface area contributed by atoms with Gasteiger partial charge in [0.15, 0.2) is 0 Å². The zero-order valence-corrected chi connectivity index (χ0v) is 14.9. The van der Waals surface area contributed by atoms with Gasteiger partial charge in [-0.25, -0.2) is 0 Å². The Bertz CT molecular complexity index is 552. The van der Waals surface area contributed by atoms with Crippen molar-refractivity contribution in [3.63, 3.8) is 0 Å². The van der Waals surface area contributed by atoms with Gasteiger partial charge < -0.3 is 5.32 Å². The van der Waals surface area contributed by atoms with E-state index in [1.54, 1.807) is 0 Å². The van der Waals surface area contributed by atoms with E-state index in [-0.39, 0.29) is 0 Å². The summed E-state index contributed by atoms with van der Waals surface area (Å²) in [7, 11) is 0. The molecule has 0 radical (unpaired) electrons. The van der Waals surface area contributed by atoms with Gasteiger partial charge in [0, 0.05) is 17.8 Å². The van der Waals surface area contributed by atoms with Gasteiger partial charge in [0.1, 0.15) is 0 Å². The molecular weight excluding hydrogens is 304 g/mol. The molecule has 0 amide bonds. The summed E-state index contributed by atoms with van der Waals surface area (Å²) in [6.07, 6.45) is 5.47. The van der Waals surface area contributed by atoms with Gasteiger partial charge in [-0.2, -0.15) is 0 Å². The minimum atomic E-state index is 0.589. The fraction of sp³-hybridized carbons (Fsp3) is 0.450. The van der Waals surface area contributed by atoms with E-state index in [2.05, 4.69) is 42.3 Å². The Morgan fingerprint density at radius 2 is 1.78 bits per heavy atom. The predicted octanol–water partition coefficient (Wildman–Crippen LogP) is 5.43. The first kappa shape index (κ1) is 18.0. The van der Waals surface area contributed by atoms with E-state index in [1.165, 1.54) is 18.4 Å². The van der Waals surface area contributed by atoms with Crippen LogP contribution in [0.1, 0.15) is 50.3 Å².